The maximum atomic E-state index is 11.9. The zero-order valence-electron chi connectivity index (χ0n) is 9.66. The first-order valence-corrected chi connectivity index (χ1v) is 5.21. The maximum absolute atomic E-state index is 11.9. The van der Waals surface area contributed by atoms with Crippen LogP contribution in [0.5, 0.6) is 0 Å². The fourth-order valence-corrected chi connectivity index (χ4v) is 1.50. The van der Waals surface area contributed by atoms with E-state index in [0.717, 1.165) is 10.9 Å². The lowest BCUT2D eigenvalue weighted by Crippen LogP contribution is -2.40. The standard InChI is InChI=1S/C12H15N3O/c1-12(2,3)14-11(16)8-4-5-10-9(6-8)7-13-15-10/h4-7H,1-3H3,(H,13,15)(H,14,16). The Morgan fingerprint density at radius 1 is 1.38 bits per heavy atom. The number of aromatic amines is 1. The van der Waals surface area contributed by atoms with Gasteiger partial charge in [0.05, 0.1) is 11.7 Å². The number of nitrogens with zero attached hydrogens (tertiary/aromatic N) is 1. The lowest BCUT2D eigenvalue weighted by Gasteiger charge is -2.20. The molecule has 84 valence electrons. The monoisotopic (exact) mass is 217 g/mol. The summed E-state index contributed by atoms with van der Waals surface area (Å²) in [5.41, 5.74) is 1.37. The summed E-state index contributed by atoms with van der Waals surface area (Å²) in [5.74, 6) is -0.0596. The Bertz CT molecular complexity index is 522. The SMILES string of the molecule is CC(C)(C)NC(=O)c1ccc2[nH]ncc2c1. The molecule has 0 saturated carbocycles. The lowest BCUT2D eigenvalue weighted by molar-refractivity contribution is 0.0919. The fraction of sp³-hybridized carbons (Fsp3) is 0.333. The minimum Gasteiger partial charge on any atom is -0.347 e. The molecule has 0 aliphatic rings. The second-order valence-corrected chi connectivity index (χ2v) is 4.88. The third kappa shape index (κ3) is 2.21. The zero-order valence-corrected chi connectivity index (χ0v) is 9.66. The molecule has 0 spiro atoms. The number of aromatic nitrogens is 2. The number of amides is 1. The largest absolute Gasteiger partial charge is 0.347 e. The first kappa shape index (κ1) is 10.7. The van der Waals surface area contributed by atoms with Crippen LogP contribution in [-0.4, -0.2) is 21.6 Å². The number of carbonyl (C=O) groups excluding carboxylic acids is 1. The van der Waals surface area contributed by atoms with Crippen molar-refractivity contribution >= 4 is 16.8 Å². The molecular formula is C12H15N3O. The van der Waals surface area contributed by atoms with Crippen molar-refractivity contribution in [2.45, 2.75) is 26.3 Å². The summed E-state index contributed by atoms with van der Waals surface area (Å²) in [6, 6.07) is 5.49. The Balaban J connectivity index is 2.29. The normalized spacial score (nSPS) is 11.7. The molecule has 0 bridgehead atoms. The molecule has 4 heteroatoms. The number of benzene rings is 1. The number of fused-ring (bicyclic) bond motifs is 1. The van der Waals surface area contributed by atoms with Gasteiger partial charge in [-0.25, -0.2) is 0 Å². The van der Waals surface area contributed by atoms with Crippen LogP contribution in [0.4, 0.5) is 0 Å². The molecule has 1 heterocycles. The number of hydrogen-bond acceptors (Lipinski definition) is 2. The lowest BCUT2D eigenvalue weighted by atomic mass is 10.1. The highest BCUT2D eigenvalue weighted by atomic mass is 16.1. The van der Waals surface area contributed by atoms with E-state index in [4.69, 9.17) is 0 Å². The van der Waals surface area contributed by atoms with E-state index in [1.54, 1.807) is 12.3 Å². The number of H-pyrrole nitrogens is 1. The van der Waals surface area contributed by atoms with E-state index in [0.29, 0.717) is 5.56 Å². The van der Waals surface area contributed by atoms with Crippen molar-refractivity contribution in [2.75, 3.05) is 0 Å². The second-order valence-electron chi connectivity index (χ2n) is 4.88. The molecule has 1 aromatic heterocycles. The van der Waals surface area contributed by atoms with Crippen LogP contribution < -0.4 is 5.32 Å². The van der Waals surface area contributed by atoms with Crippen molar-refractivity contribution in [1.29, 1.82) is 0 Å². The minimum atomic E-state index is -0.220. The summed E-state index contributed by atoms with van der Waals surface area (Å²) in [7, 11) is 0. The van der Waals surface area contributed by atoms with Crippen molar-refractivity contribution < 1.29 is 4.79 Å². The molecule has 0 radical (unpaired) electrons. The van der Waals surface area contributed by atoms with Crippen molar-refractivity contribution in [3.05, 3.63) is 30.0 Å². The first-order chi connectivity index (χ1) is 7.46. The Labute approximate surface area is 94.0 Å². The molecule has 0 fully saturated rings. The van der Waals surface area contributed by atoms with Gasteiger partial charge < -0.3 is 5.32 Å². The quantitative estimate of drug-likeness (QED) is 0.768. The van der Waals surface area contributed by atoms with E-state index in [1.807, 2.05) is 32.9 Å². The van der Waals surface area contributed by atoms with Gasteiger partial charge in [0.25, 0.3) is 5.91 Å². The van der Waals surface area contributed by atoms with Crippen LogP contribution in [0.15, 0.2) is 24.4 Å². The summed E-state index contributed by atoms with van der Waals surface area (Å²) in [4.78, 5) is 11.9. The molecule has 0 saturated heterocycles. The summed E-state index contributed by atoms with van der Waals surface area (Å²) >= 11 is 0. The third-order valence-electron chi connectivity index (χ3n) is 2.19. The van der Waals surface area contributed by atoms with Gasteiger partial charge in [-0.3, -0.25) is 9.89 Å². The highest BCUT2D eigenvalue weighted by Gasteiger charge is 2.15. The predicted molar refractivity (Wildman–Crippen MR) is 63.3 cm³/mol. The van der Waals surface area contributed by atoms with Crippen LogP contribution >= 0.6 is 0 Å². The van der Waals surface area contributed by atoms with E-state index in [-0.39, 0.29) is 11.4 Å². The van der Waals surface area contributed by atoms with Gasteiger partial charge in [-0.15, -0.1) is 0 Å². The Kier molecular flexibility index (Phi) is 2.42. The number of nitrogens with one attached hydrogen (secondary N) is 2. The molecule has 0 unspecified atom stereocenters. The van der Waals surface area contributed by atoms with E-state index in [1.165, 1.54) is 0 Å². The second kappa shape index (κ2) is 3.63. The number of carbonyl (C=O) groups is 1. The van der Waals surface area contributed by atoms with Crippen molar-refractivity contribution in [1.82, 2.24) is 15.5 Å². The molecule has 0 atom stereocenters. The van der Waals surface area contributed by atoms with Crippen molar-refractivity contribution in [2.24, 2.45) is 0 Å². The summed E-state index contributed by atoms with van der Waals surface area (Å²) in [6.45, 7) is 5.88. The van der Waals surface area contributed by atoms with Crippen molar-refractivity contribution in [3.8, 4) is 0 Å². The third-order valence-corrected chi connectivity index (χ3v) is 2.19. The fourth-order valence-electron chi connectivity index (χ4n) is 1.50. The Morgan fingerprint density at radius 3 is 2.81 bits per heavy atom. The summed E-state index contributed by atoms with van der Waals surface area (Å²) < 4.78 is 0. The Morgan fingerprint density at radius 2 is 2.12 bits per heavy atom. The first-order valence-electron chi connectivity index (χ1n) is 5.21. The van der Waals surface area contributed by atoms with Crippen LogP contribution in [0.2, 0.25) is 0 Å². The average Bonchev–Trinajstić information content (AvgIpc) is 2.61. The van der Waals surface area contributed by atoms with Gasteiger partial charge in [0, 0.05) is 16.5 Å². The molecule has 2 N–H and O–H groups in total. The molecule has 16 heavy (non-hydrogen) atoms. The molecule has 2 rings (SSSR count). The number of hydrogen-bond donors (Lipinski definition) is 2. The highest BCUT2D eigenvalue weighted by molar-refractivity contribution is 5.98. The van der Waals surface area contributed by atoms with Gasteiger partial charge in [0.15, 0.2) is 0 Å². The maximum Gasteiger partial charge on any atom is 0.251 e. The molecular weight excluding hydrogens is 202 g/mol. The van der Waals surface area contributed by atoms with Crippen LogP contribution in [-0.2, 0) is 0 Å². The molecule has 4 nitrogen and oxygen atoms in total. The number of rotatable bonds is 1. The van der Waals surface area contributed by atoms with E-state index < -0.39 is 0 Å². The summed E-state index contributed by atoms with van der Waals surface area (Å²) in [5, 5.41) is 10.6. The van der Waals surface area contributed by atoms with E-state index in [2.05, 4.69) is 15.5 Å². The van der Waals surface area contributed by atoms with Crippen LogP contribution in [0.3, 0.4) is 0 Å². The van der Waals surface area contributed by atoms with Crippen LogP contribution in [0.1, 0.15) is 31.1 Å². The zero-order chi connectivity index (χ0) is 11.8. The van der Waals surface area contributed by atoms with Gasteiger partial charge in [0.1, 0.15) is 0 Å². The highest BCUT2D eigenvalue weighted by Crippen LogP contribution is 2.13. The average molecular weight is 217 g/mol. The Hall–Kier alpha value is -1.84. The van der Waals surface area contributed by atoms with E-state index >= 15 is 0 Å². The predicted octanol–water partition coefficient (Wildman–Crippen LogP) is 2.09. The topological polar surface area (TPSA) is 57.8 Å². The van der Waals surface area contributed by atoms with Crippen molar-refractivity contribution in [3.63, 3.8) is 0 Å². The van der Waals surface area contributed by atoms with Gasteiger partial charge in [0.2, 0.25) is 0 Å². The summed E-state index contributed by atoms with van der Waals surface area (Å²) in [6.07, 6.45) is 1.71. The van der Waals surface area contributed by atoms with Crippen LogP contribution in [0, 0.1) is 0 Å². The van der Waals surface area contributed by atoms with Gasteiger partial charge in [-0.1, -0.05) is 0 Å². The smallest absolute Gasteiger partial charge is 0.251 e. The van der Waals surface area contributed by atoms with Gasteiger partial charge >= 0.3 is 0 Å². The minimum absolute atomic E-state index is 0.0596. The molecule has 2 aromatic rings. The van der Waals surface area contributed by atoms with Crippen LogP contribution in [0.25, 0.3) is 10.9 Å². The molecule has 0 aliphatic carbocycles. The van der Waals surface area contributed by atoms with Gasteiger partial charge in [-0.05, 0) is 39.0 Å². The molecule has 0 aliphatic heterocycles. The van der Waals surface area contributed by atoms with E-state index in [9.17, 15) is 4.79 Å². The molecule has 1 aromatic carbocycles. The molecule has 1 amide bonds. The van der Waals surface area contributed by atoms with Gasteiger partial charge in [-0.2, -0.15) is 5.10 Å².